The predicted molar refractivity (Wildman–Crippen MR) is 178 cm³/mol. The molecule has 200 valence electrons. The molecule has 6 rings (SSSR count). The van der Waals surface area contributed by atoms with E-state index in [1.165, 1.54) is 76.4 Å². The molecule has 0 saturated carbocycles. The molecule has 0 heterocycles. The molecule has 0 N–H and O–H groups in total. The normalized spacial score (nSPS) is 11.2. The van der Waals surface area contributed by atoms with Crippen molar-refractivity contribution in [1.82, 2.24) is 0 Å². The van der Waals surface area contributed by atoms with Crippen molar-refractivity contribution in [3.8, 4) is 22.3 Å². The number of hydrogen-bond donors (Lipinski definition) is 0. The van der Waals surface area contributed by atoms with Crippen molar-refractivity contribution in [2.75, 3.05) is 0 Å². The number of hydrogen-bond acceptors (Lipinski definition) is 0. The molecule has 40 heavy (non-hydrogen) atoms. The van der Waals surface area contributed by atoms with Crippen LogP contribution in [0.25, 0.3) is 43.8 Å². The van der Waals surface area contributed by atoms with Gasteiger partial charge in [-0.05, 0) is 61.1 Å². The van der Waals surface area contributed by atoms with Gasteiger partial charge in [-0.3, -0.25) is 0 Å². The Balaban J connectivity index is 0.00000147. The Morgan fingerprint density at radius 2 is 0.850 bits per heavy atom. The van der Waals surface area contributed by atoms with E-state index < -0.39 is 8.07 Å². The predicted octanol–water partition coefficient (Wildman–Crippen LogP) is 9.72. The molecule has 0 saturated heterocycles. The van der Waals surface area contributed by atoms with Crippen LogP contribution < -0.4 is 10.4 Å². The fourth-order valence-electron chi connectivity index (χ4n) is 5.91. The van der Waals surface area contributed by atoms with E-state index in [2.05, 4.69) is 138 Å². The minimum atomic E-state index is -1.92. The quantitative estimate of drug-likeness (QED) is 0.127. The van der Waals surface area contributed by atoms with Crippen molar-refractivity contribution in [1.29, 1.82) is 0 Å². The summed E-state index contributed by atoms with van der Waals surface area (Å²) in [5.74, 6) is 0. The Labute approximate surface area is 261 Å². The summed E-state index contributed by atoms with van der Waals surface area (Å²) >= 11 is 0. The van der Waals surface area contributed by atoms with Gasteiger partial charge >= 0.3 is 25.8 Å². The van der Waals surface area contributed by atoms with Gasteiger partial charge in [-0.2, -0.15) is 12.1 Å². The zero-order chi connectivity index (χ0) is 25.9. The Hall–Kier alpha value is -2.81. The smallest absolute Gasteiger partial charge is 0.358 e. The monoisotopic (exact) mass is 704 g/mol. The molecule has 0 atom stereocenters. The van der Waals surface area contributed by atoms with Crippen LogP contribution in [0.4, 0.5) is 0 Å². The van der Waals surface area contributed by atoms with Gasteiger partial charge < -0.3 is 14.9 Å². The van der Waals surface area contributed by atoms with Gasteiger partial charge in [-0.1, -0.05) is 72.8 Å². The van der Waals surface area contributed by atoms with Crippen molar-refractivity contribution >= 4 is 40.0 Å². The Morgan fingerprint density at radius 1 is 0.500 bits per heavy atom. The van der Waals surface area contributed by atoms with Gasteiger partial charge in [-0.15, -0.1) is 68.3 Å². The minimum absolute atomic E-state index is 0. The number of benzene rings is 4. The first-order valence-corrected chi connectivity index (χ1v) is 16.3. The van der Waals surface area contributed by atoms with Gasteiger partial charge in [0.25, 0.3) is 0 Å². The van der Waals surface area contributed by atoms with Crippen LogP contribution in [0.3, 0.4) is 0 Å². The summed E-state index contributed by atoms with van der Waals surface area (Å²) in [7, 11) is -1.92. The zero-order valence-corrected chi connectivity index (χ0v) is 29.8. The van der Waals surface area contributed by atoms with Crippen LogP contribution in [-0.4, -0.2) is 8.07 Å². The van der Waals surface area contributed by atoms with Crippen LogP contribution >= 0.6 is 0 Å². The third-order valence-electron chi connectivity index (χ3n) is 8.73. The van der Waals surface area contributed by atoms with E-state index in [0.717, 1.165) is 0 Å². The summed E-state index contributed by atoms with van der Waals surface area (Å²) < 4.78 is 0. The maximum absolute atomic E-state index is 2.50. The maximum Gasteiger partial charge on any atom is 4.00 e. The van der Waals surface area contributed by atoms with Crippen LogP contribution in [0.1, 0.15) is 22.3 Å². The van der Waals surface area contributed by atoms with Gasteiger partial charge in [0.05, 0.1) is 8.07 Å². The van der Waals surface area contributed by atoms with Crippen molar-refractivity contribution in [2.45, 2.75) is 40.8 Å². The Morgan fingerprint density at radius 3 is 1.25 bits per heavy atom. The second-order valence-electron chi connectivity index (χ2n) is 11.2. The van der Waals surface area contributed by atoms with E-state index in [-0.39, 0.29) is 40.7 Å². The van der Waals surface area contributed by atoms with Gasteiger partial charge in [0, 0.05) is 0 Å². The molecule has 0 fully saturated rings. The van der Waals surface area contributed by atoms with E-state index in [1.54, 1.807) is 0 Å². The van der Waals surface area contributed by atoms with Gasteiger partial charge in [0.1, 0.15) is 0 Å². The van der Waals surface area contributed by atoms with Crippen molar-refractivity contribution in [3.63, 3.8) is 0 Å². The first kappa shape index (κ1) is 31.7. The SMILES string of the molecule is Cc1cccc(-c2cccc3[cH-]c([Si](C)(C)c4cc5c(-c6cccc(C)c6C)cccc5[cH-]4)cc23)c1C.[CH3-].[CH3-].[Hf+4]. The second kappa shape index (κ2) is 12.0. The summed E-state index contributed by atoms with van der Waals surface area (Å²) in [5.41, 5.74) is 10.8. The van der Waals surface area contributed by atoms with Crippen molar-refractivity contribution < 1.29 is 25.8 Å². The average molecular weight is 703 g/mol. The topological polar surface area (TPSA) is 0 Å². The number of aryl methyl sites for hydroxylation is 2. The molecular formula is C38H40HfSi. The van der Waals surface area contributed by atoms with Crippen LogP contribution in [0.15, 0.2) is 97.1 Å². The largest absolute Gasteiger partial charge is 4.00 e. The molecule has 6 aromatic rings. The van der Waals surface area contributed by atoms with Crippen LogP contribution in [0.2, 0.25) is 13.1 Å². The second-order valence-corrected chi connectivity index (χ2v) is 15.6. The average Bonchev–Trinajstić information content (AvgIpc) is 3.53. The molecule has 0 aliphatic heterocycles. The number of fused-ring (bicyclic) bond motifs is 2. The van der Waals surface area contributed by atoms with Gasteiger partial charge in [0.15, 0.2) is 0 Å². The first-order valence-electron chi connectivity index (χ1n) is 13.3. The molecule has 0 bridgehead atoms. The van der Waals surface area contributed by atoms with E-state index in [9.17, 15) is 0 Å². The molecule has 0 unspecified atom stereocenters. The molecule has 6 aromatic carbocycles. The van der Waals surface area contributed by atoms with Crippen molar-refractivity contribution in [3.05, 3.63) is 134 Å². The molecular weight excluding hydrogens is 663 g/mol. The van der Waals surface area contributed by atoms with Crippen molar-refractivity contribution in [2.24, 2.45) is 0 Å². The minimum Gasteiger partial charge on any atom is -0.358 e. The summed E-state index contributed by atoms with van der Waals surface area (Å²) in [6, 6.07) is 36.8. The fourth-order valence-corrected chi connectivity index (χ4v) is 8.29. The molecule has 2 heteroatoms. The molecule has 0 aliphatic carbocycles. The maximum atomic E-state index is 2.50. The van der Waals surface area contributed by atoms with Crippen LogP contribution in [0.5, 0.6) is 0 Å². The van der Waals surface area contributed by atoms with E-state index in [4.69, 9.17) is 0 Å². The molecule has 0 nitrogen and oxygen atoms in total. The van der Waals surface area contributed by atoms with Crippen LogP contribution in [-0.2, 0) is 25.8 Å². The third kappa shape index (κ3) is 5.17. The van der Waals surface area contributed by atoms with E-state index in [1.807, 2.05) is 0 Å². The van der Waals surface area contributed by atoms with E-state index in [0.29, 0.717) is 0 Å². The summed E-state index contributed by atoms with van der Waals surface area (Å²) in [6.07, 6.45) is 0. The third-order valence-corrected chi connectivity index (χ3v) is 12.2. The summed E-state index contributed by atoms with van der Waals surface area (Å²) in [5, 5.41) is 8.45. The van der Waals surface area contributed by atoms with Gasteiger partial charge in [0.2, 0.25) is 0 Å². The Bertz CT molecular complexity index is 1660. The molecule has 0 spiro atoms. The van der Waals surface area contributed by atoms with Gasteiger partial charge in [-0.25, -0.2) is 0 Å². The van der Waals surface area contributed by atoms with E-state index >= 15 is 0 Å². The first-order chi connectivity index (χ1) is 17.8. The summed E-state index contributed by atoms with van der Waals surface area (Å²) in [6.45, 7) is 13.9. The zero-order valence-electron chi connectivity index (χ0n) is 25.2. The standard InChI is InChI=1S/C36H34Si.2CH3.Hf/c1-23-11-7-15-31(25(23)3)33-17-9-13-27-19-29(21-35(27)33)37(5,6)30-20-28-14-10-18-34(36(28)22-30)32-16-8-12-24(2)26(32)4;;;/h7-22H,1-6H3;2*1H3;/q-2;2*-1;+4. The molecule has 0 radical (unpaired) electrons. The molecule has 0 aliphatic rings. The fraction of sp³-hybridized carbons (Fsp3) is 0.158. The molecule has 0 amide bonds. The summed E-state index contributed by atoms with van der Waals surface area (Å²) in [4.78, 5) is 0. The Kier molecular flexibility index (Phi) is 9.49. The number of rotatable bonds is 4. The van der Waals surface area contributed by atoms with Crippen LogP contribution in [0, 0.1) is 42.5 Å². The molecule has 0 aromatic heterocycles.